The van der Waals surface area contributed by atoms with Crippen LogP contribution >= 0.6 is 69.6 Å². The second-order valence-corrected chi connectivity index (χ2v) is 36.6. The van der Waals surface area contributed by atoms with Gasteiger partial charge in [-0.25, -0.2) is 39.1 Å². The molecule has 0 spiro atoms. The highest BCUT2D eigenvalue weighted by Crippen LogP contribution is 2.27. The Kier molecular flexibility index (Phi) is 33.6. The molecule has 4 aromatic carbocycles. The summed E-state index contributed by atoms with van der Waals surface area (Å²) in [6.07, 6.45) is 7.39. The van der Waals surface area contributed by atoms with E-state index in [-0.39, 0.29) is 26.2 Å². The van der Waals surface area contributed by atoms with Gasteiger partial charge in [0.15, 0.2) is 44.7 Å². The number of aromatic nitrogens is 16. The summed E-state index contributed by atoms with van der Waals surface area (Å²) in [5, 5.41) is 47.0. The van der Waals surface area contributed by atoms with Crippen LogP contribution in [-0.4, -0.2) is 290 Å². The fourth-order valence-electron chi connectivity index (χ4n) is 17.4. The second kappa shape index (κ2) is 44.5. The van der Waals surface area contributed by atoms with Crippen LogP contribution in [-0.2, 0) is 109 Å². The number of aliphatic hydroxyl groups excluding tert-OH is 4. The van der Waals surface area contributed by atoms with E-state index in [2.05, 4.69) is 77.3 Å². The van der Waals surface area contributed by atoms with Crippen molar-refractivity contribution in [2.24, 2.45) is 56.4 Å². The van der Waals surface area contributed by atoms with Crippen LogP contribution in [0.4, 0.5) is 0 Å². The number of benzene rings is 4. The highest BCUT2D eigenvalue weighted by atomic mass is 35.5. The lowest BCUT2D eigenvalue weighted by molar-refractivity contribution is 0.0998. The predicted octanol–water partition coefficient (Wildman–Crippen LogP) is 3.93. The molecule has 4 aliphatic heterocycles. The van der Waals surface area contributed by atoms with Crippen LogP contribution in [0.15, 0.2) is 149 Å². The fourth-order valence-corrected chi connectivity index (χ4v) is 18.5. The van der Waals surface area contributed by atoms with Crippen molar-refractivity contribution in [3.05, 3.63) is 246 Å². The number of hydrogen-bond acceptors (Lipinski definition) is 24. The Morgan fingerprint density at radius 3 is 0.885 bits per heavy atom. The molecule has 4 saturated heterocycles. The van der Waals surface area contributed by atoms with E-state index in [0.29, 0.717) is 90.9 Å². The average molecular weight is 1910 g/mol. The highest BCUT2D eigenvalue weighted by molar-refractivity contribution is 6.42. The maximum atomic E-state index is 12.6. The van der Waals surface area contributed by atoms with E-state index < -0.39 is 69.4 Å². The van der Waals surface area contributed by atoms with Gasteiger partial charge in [0.25, 0.3) is 22.2 Å². The first-order chi connectivity index (χ1) is 62.2. The highest BCUT2D eigenvalue weighted by Gasteiger charge is 2.28. The molecule has 4 aliphatic rings. The molecule has 0 radical (unpaired) electrons. The number of fused-ring (bicyclic) bond motifs is 4. The zero-order valence-corrected chi connectivity index (χ0v) is 78.9. The second-order valence-electron chi connectivity index (χ2n) is 34.1. The normalized spacial score (nSPS) is 16.9. The van der Waals surface area contributed by atoms with E-state index in [1.165, 1.54) is 77.3 Å². The van der Waals surface area contributed by atoms with Crippen LogP contribution < -0.4 is 45.0 Å². The zero-order valence-electron chi connectivity index (χ0n) is 74.4. The number of halogens is 6. The van der Waals surface area contributed by atoms with Crippen molar-refractivity contribution < 1.29 is 20.4 Å². The Balaban J connectivity index is 0.000000148. The quantitative estimate of drug-likeness (QED) is 0.0666. The zero-order chi connectivity index (χ0) is 93.1. The Bertz CT molecular complexity index is 6490. The maximum Gasteiger partial charge on any atom is 0.332 e. The summed E-state index contributed by atoms with van der Waals surface area (Å²) in [5.74, 6) is 0. The fraction of sp³-hybridized carbons (Fsp3) is 0.500. The molecule has 42 heteroatoms. The van der Waals surface area contributed by atoms with Crippen molar-refractivity contribution in [1.82, 2.24) is 114 Å². The molecule has 36 nitrogen and oxygen atoms in total. The van der Waals surface area contributed by atoms with Gasteiger partial charge in [-0.2, -0.15) is 0 Å². The van der Waals surface area contributed by atoms with Crippen molar-refractivity contribution >= 4 is 114 Å². The molecule has 16 rings (SSSR count). The van der Waals surface area contributed by atoms with Crippen LogP contribution in [0.5, 0.6) is 0 Å². The van der Waals surface area contributed by atoms with Gasteiger partial charge in [0, 0.05) is 181 Å². The van der Waals surface area contributed by atoms with Crippen molar-refractivity contribution in [1.29, 1.82) is 0 Å². The van der Waals surface area contributed by atoms with E-state index >= 15 is 0 Å². The summed E-state index contributed by atoms with van der Waals surface area (Å²) >= 11 is 36.8. The van der Waals surface area contributed by atoms with Gasteiger partial charge in [0.05, 0.1) is 85.9 Å². The van der Waals surface area contributed by atoms with Crippen LogP contribution in [0.1, 0.15) is 47.9 Å². The molecule has 130 heavy (non-hydrogen) atoms. The number of hydrogen-bond donors (Lipinski definition) is 4. The topological polar surface area (TPSA) is 354 Å². The summed E-state index contributed by atoms with van der Waals surface area (Å²) in [6, 6.07) is 27.2. The predicted molar refractivity (Wildman–Crippen MR) is 506 cm³/mol. The first-order valence-electron chi connectivity index (χ1n) is 43.5. The Morgan fingerprint density at radius 1 is 0.277 bits per heavy atom. The molecular formula is C88H114Cl6N24O12. The van der Waals surface area contributed by atoms with Gasteiger partial charge in [-0.05, 0) is 143 Å². The van der Waals surface area contributed by atoms with Crippen LogP contribution in [0.3, 0.4) is 0 Å². The number of imidazole rings is 4. The van der Waals surface area contributed by atoms with Gasteiger partial charge in [0.2, 0.25) is 0 Å². The van der Waals surface area contributed by atoms with Gasteiger partial charge in [0.1, 0.15) is 0 Å². The standard InChI is InChI=1S/2C22H28Cl2N6O3.2C22H29ClN6O3/c1-26-20-19(21(32)27(2)22(26)33)30(14-25-20)13-17(31)12-29-7-3-6-28(8-9-29)11-15-4-5-16(23)10-18(15)24;1-26-20-19(21(32)27(2)22(26)33)30(14-25-20)13-16(31)12-29-7-3-6-28(8-9-29)11-15-4-5-17(23)18(24)10-15;1-25-20-19(21(31)26(2)22(25)32)29(15-24-20)14-18(30)13-28-9-3-8-27(10-11-28)12-16-4-6-17(23)7-5-16;1-25-20-19(21(31)26(2)22(25)32)29(15-24-20)14-17(30)13-28-9-5-8-27(10-11-28)12-16-6-3-4-7-18(16)23/h4-5,10,14,17,31H,3,6-9,11-13H2,1-2H3;4-5,10,14,16,31H,3,6-9,11-13H2,1-2H3;4-7,15,18,30H,3,8-14H2,1-2H3;3-4,6-7,15,17,30H,5,8-14H2,1-2H3. The van der Waals surface area contributed by atoms with E-state index in [1.54, 1.807) is 52.5 Å². The third-order valence-corrected chi connectivity index (χ3v) is 26.5. The van der Waals surface area contributed by atoms with Crippen molar-refractivity contribution in [2.45, 2.75) is 102 Å². The number of aliphatic hydroxyl groups is 4. The lowest BCUT2D eigenvalue weighted by Gasteiger charge is -2.24. The first-order valence-corrected chi connectivity index (χ1v) is 45.7. The summed E-state index contributed by atoms with van der Waals surface area (Å²) in [7, 11) is 12.1. The smallest absolute Gasteiger partial charge is 0.332 e. The Hall–Kier alpha value is -9.26. The van der Waals surface area contributed by atoms with E-state index in [0.717, 1.165) is 202 Å². The van der Waals surface area contributed by atoms with E-state index in [1.807, 2.05) is 60.7 Å². The molecule has 700 valence electrons. The summed E-state index contributed by atoms with van der Waals surface area (Å²) in [5.41, 5.74) is 3.85. The molecular weight excluding hydrogens is 1800 g/mol. The summed E-state index contributed by atoms with van der Waals surface area (Å²) in [4.78, 5) is 134. The lowest BCUT2D eigenvalue weighted by Crippen LogP contribution is -2.39. The third kappa shape index (κ3) is 24.0. The minimum absolute atomic E-state index is 0.227. The molecule has 0 saturated carbocycles. The van der Waals surface area contributed by atoms with Gasteiger partial charge >= 0.3 is 22.8 Å². The minimum atomic E-state index is -0.679. The Morgan fingerprint density at radius 2 is 0.562 bits per heavy atom. The maximum absolute atomic E-state index is 12.6. The number of aryl methyl sites for hydroxylation is 4. The SMILES string of the molecule is Cn1c(=O)c2c(ncn2CC(O)CN2CCCN(Cc3ccc(Cl)c(Cl)c3)CC2)n(C)c1=O.Cn1c(=O)c2c(ncn2CC(O)CN2CCCN(Cc3ccc(Cl)cc3)CC2)n(C)c1=O.Cn1c(=O)c2c(ncn2CC(O)CN2CCCN(Cc3ccc(Cl)cc3Cl)CC2)n(C)c1=O.Cn1c(=O)c2c(ncn2CC(O)CN2CCCN(Cc3ccccc3Cl)CC2)n(C)c1=O. The number of rotatable bonds is 24. The van der Waals surface area contributed by atoms with Gasteiger partial charge in [-0.1, -0.05) is 112 Å². The third-order valence-electron chi connectivity index (χ3n) is 24.6. The number of nitrogens with zero attached hydrogens (tertiary/aromatic N) is 24. The van der Waals surface area contributed by atoms with Gasteiger partial charge < -0.3 is 38.7 Å². The van der Waals surface area contributed by atoms with Gasteiger partial charge in [-0.3, -0.25) is 94.9 Å². The molecule has 0 amide bonds. The molecule has 4 fully saturated rings. The molecule has 4 N–H and O–H groups in total. The molecule has 12 heterocycles. The number of β-amino-alcohol motifs (C(OH)–C–C–N with tert-alkyl or cyclic N) is 4. The van der Waals surface area contributed by atoms with Crippen molar-refractivity contribution in [2.75, 3.05) is 131 Å². The molecule has 0 bridgehead atoms. The van der Waals surface area contributed by atoms with E-state index in [9.17, 15) is 58.8 Å². The molecule has 8 aromatic heterocycles. The average Bonchev–Trinajstić information content (AvgIpc) is 1.61. The lowest BCUT2D eigenvalue weighted by atomic mass is 10.2. The van der Waals surface area contributed by atoms with Crippen LogP contribution in [0, 0.1) is 0 Å². The first kappa shape index (κ1) is 98.2. The summed E-state index contributed by atoms with van der Waals surface area (Å²) < 4.78 is 16.2. The van der Waals surface area contributed by atoms with Gasteiger partial charge in [-0.15, -0.1) is 0 Å². The van der Waals surface area contributed by atoms with Crippen LogP contribution in [0.2, 0.25) is 30.1 Å². The van der Waals surface area contributed by atoms with Crippen LogP contribution in [0.25, 0.3) is 44.7 Å². The largest absolute Gasteiger partial charge is 0.390 e. The molecule has 0 aliphatic carbocycles. The minimum Gasteiger partial charge on any atom is -0.390 e. The summed E-state index contributed by atoms with van der Waals surface area (Å²) in [6.45, 7) is 20.6. The van der Waals surface area contributed by atoms with Crippen molar-refractivity contribution in [3.8, 4) is 0 Å². The van der Waals surface area contributed by atoms with E-state index in [4.69, 9.17) is 69.6 Å². The van der Waals surface area contributed by atoms with Crippen molar-refractivity contribution in [3.63, 3.8) is 0 Å². The molecule has 4 unspecified atom stereocenters. The monoisotopic (exact) mass is 1910 g/mol. The Labute approximate surface area is 779 Å². The molecule has 4 atom stereocenters. The molecule has 12 aromatic rings.